The Morgan fingerprint density at radius 1 is 1.21 bits per heavy atom. The number of nitrogen functional groups attached to an aromatic ring is 1. The van der Waals surface area contributed by atoms with E-state index in [9.17, 15) is 25.2 Å². The highest BCUT2D eigenvalue weighted by atomic mass is 35.5. The van der Waals surface area contributed by atoms with Gasteiger partial charge >= 0.3 is 5.91 Å². The van der Waals surface area contributed by atoms with E-state index < -0.39 is 29.1 Å². The molecule has 0 aliphatic rings. The van der Waals surface area contributed by atoms with Crippen LogP contribution in [0.5, 0.6) is 17.2 Å². The van der Waals surface area contributed by atoms with Gasteiger partial charge in [0.05, 0.1) is 0 Å². The van der Waals surface area contributed by atoms with E-state index in [2.05, 4.69) is 4.42 Å². The molecule has 0 saturated carbocycles. The Morgan fingerprint density at radius 3 is 2.46 bits per heavy atom. The minimum Gasteiger partial charge on any atom is -0.507 e. The van der Waals surface area contributed by atoms with Crippen molar-refractivity contribution in [1.82, 2.24) is 5.32 Å². The largest absolute Gasteiger partial charge is 0.507 e. The summed E-state index contributed by atoms with van der Waals surface area (Å²) in [6.07, 6.45) is 2.75. The number of rotatable bonds is 4. The molecule has 9 nitrogen and oxygen atoms in total. The van der Waals surface area contributed by atoms with Crippen LogP contribution in [0.1, 0.15) is 11.3 Å². The summed E-state index contributed by atoms with van der Waals surface area (Å²) in [6, 6.07) is 4.20. The van der Waals surface area contributed by atoms with Crippen LogP contribution in [0.15, 0.2) is 35.0 Å². The SMILES string of the molecule is Cl.Nc1ccc(O)c(/C=C/C(=O)NC(O)(O)c2occ(O)c2O)c1. The van der Waals surface area contributed by atoms with Gasteiger partial charge in [-0.15, -0.1) is 12.4 Å². The van der Waals surface area contributed by atoms with Gasteiger partial charge in [-0.1, -0.05) is 0 Å². The number of hydrogen-bond donors (Lipinski definition) is 7. The van der Waals surface area contributed by atoms with Crippen LogP contribution in [-0.2, 0) is 10.7 Å². The molecule has 0 spiro atoms. The molecule has 0 atom stereocenters. The van der Waals surface area contributed by atoms with E-state index >= 15 is 0 Å². The van der Waals surface area contributed by atoms with Gasteiger partial charge in [0, 0.05) is 17.3 Å². The number of amides is 1. The number of anilines is 1. The van der Waals surface area contributed by atoms with Crippen LogP contribution in [0.3, 0.4) is 0 Å². The van der Waals surface area contributed by atoms with Crippen LogP contribution in [0.2, 0.25) is 0 Å². The second kappa shape index (κ2) is 7.13. The lowest BCUT2D eigenvalue weighted by Crippen LogP contribution is -2.44. The van der Waals surface area contributed by atoms with Crippen molar-refractivity contribution in [3.8, 4) is 17.2 Å². The average Bonchev–Trinajstić information content (AvgIpc) is 2.80. The molecule has 0 bridgehead atoms. The molecule has 130 valence electrons. The first-order valence-corrected chi connectivity index (χ1v) is 6.24. The third-order valence-corrected chi connectivity index (χ3v) is 2.83. The van der Waals surface area contributed by atoms with Crippen LogP contribution in [0.4, 0.5) is 5.69 Å². The lowest BCUT2D eigenvalue weighted by molar-refractivity contribution is -0.207. The monoisotopic (exact) mass is 358 g/mol. The van der Waals surface area contributed by atoms with Crippen molar-refractivity contribution in [2.24, 2.45) is 0 Å². The third-order valence-electron chi connectivity index (χ3n) is 2.83. The molecule has 2 rings (SSSR count). The summed E-state index contributed by atoms with van der Waals surface area (Å²) in [7, 11) is 0. The molecule has 24 heavy (non-hydrogen) atoms. The highest BCUT2D eigenvalue weighted by Gasteiger charge is 2.36. The molecular formula is C14H15ClN2O7. The molecule has 1 amide bonds. The topological polar surface area (TPSA) is 169 Å². The van der Waals surface area contributed by atoms with Crippen molar-refractivity contribution in [2.45, 2.75) is 5.91 Å². The Hall–Kier alpha value is -2.88. The van der Waals surface area contributed by atoms with Crippen molar-refractivity contribution in [3.63, 3.8) is 0 Å². The molecule has 0 radical (unpaired) electrons. The number of aromatic hydroxyl groups is 3. The fraction of sp³-hybridized carbons (Fsp3) is 0.0714. The van der Waals surface area contributed by atoms with E-state index in [1.165, 1.54) is 24.3 Å². The molecule has 10 heteroatoms. The Bertz CT molecular complexity index is 770. The minimum atomic E-state index is -3.05. The van der Waals surface area contributed by atoms with E-state index in [0.29, 0.717) is 12.0 Å². The number of furan rings is 1. The highest BCUT2D eigenvalue weighted by molar-refractivity contribution is 5.92. The van der Waals surface area contributed by atoms with Crippen molar-refractivity contribution in [3.05, 3.63) is 41.9 Å². The molecule has 1 heterocycles. The number of nitrogens with two attached hydrogens (primary N) is 1. The maximum Gasteiger partial charge on any atom is 0.313 e. The zero-order valence-electron chi connectivity index (χ0n) is 12.0. The number of aliphatic hydroxyl groups is 2. The maximum absolute atomic E-state index is 11.7. The number of phenolic OH excluding ortho intramolecular Hbond substituents is 1. The summed E-state index contributed by atoms with van der Waals surface area (Å²) >= 11 is 0. The Labute approximate surface area is 141 Å². The number of hydrogen-bond acceptors (Lipinski definition) is 8. The second-order valence-electron chi connectivity index (χ2n) is 4.61. The van der Waals surface area contributed by atoms with Crippen LogP contribution >= 0.6 is 12.4 Å². The predicted molar refractivity (Wildman–Crippen MR) is 85.1 cm³/mol. The van der Waals surface area contributed by atoms with E-state index in [1.54, 1.807) is 5.32 Å². The summed E-state index contributed by atoms with van der Waals surface area (Å²) in [5.74, 6) is -6.66. The number of benzene rings is 1. The summed E-state index contributed by atoms with van der Waals surface area (Å²) in [4.78, 5) is 11.7. The first-order valence-electron chi connectivity index (χ1n) is 6.24. The Morgan fingerprint density at radius 2 is 1.88 bits per heavy atom. The fourth-order valence-corrected chi connectivity index (χ4v) is 1.73. The normalized spacial score (nSPS) is 11.2. The number of halogens is 1. The number of nitrogens with one attached hydrogen (secondary N) is 1. The zero-order valence-corrected chi connectivity index (χ0v) is 12.8. The fourth-order valence-electron chi connectivity index (χ4n) is 1.73. The van der Waals surface area contributed by atoms with Gasteiger partial charge in [-0.25, -0.2) is 0 Å². The molecule has 0 saturated heterocycles. The van der Waals surface area contributed by atoms with E-state index in [0.717, 1.165) is 6.08 Å². The lowest BCUT2D eigenvalue weighted by Gasteiger charge is -2.19. The summed E-state index contributed by atoms with van der Waals surface area (Å²) in [6.45, 7) is 0. The summed E-state index contributed by atoms with van der Waals surface area (Å²) in [5.41, 5.74) is 6.14. The molecular weight excluding hydrogens is 344 g/mol. The second-order valence-corrected chi connectivity index (χ2v) is 4.61. The Kier molecular flexibility index (Phi) is 5.69. The van der Waals surface area contributed by atoms with Crippen molar-refractivity contribution in [2.75, 3.05) is 5.73 Å². The standard InChI is InChI=1S/C14H14N2O7.ClH/c15-8-2-3-9(17)7(5-8)1-4-11(19)16-14(21,22)13-12(20)10(18)6-23-13;/h1-6,17-18,20-22H,15H2,(H,16,19);1H/b4-1+;. The lowest BCUT2D eigenvalue weighted by atomic mass is 10.1. The molecule has 1 aromatic heterocycles. The molecule has 1 aromatic carbocycles. The quantitative estimate of drug-likeness (QED) is 0.177. The van der Waals surface area contributed by atoms with Gasteiger partial charge in [0.25, 0.3) is 0 Å². The van der Waals surface area contributed by atoms with Gasteiger partial charge in [-0.05, 0) is 24.3 Å². The molecule has 0 unspecified atom stereocenters. The van der Waals surface area contributed by atoms with Gasteiger partial charge in [0.15, 0.2) is 5.75 Å². The average molecular weight is 359 g/mol. The third kappa shape index (κ3) is 4.10. The predicted octanol–water partition coefficient (Wildman–Crippen LogP) is 0.325. The summed E-state index contributed by atoms with van der Waals surface area (Å²) in [5, 5.41) is 49.2. The van der Waals surface area contributed by atoms with Crippen LogP contribution in [0.25, 0.3) is 6.08 Å². The summed E-state index contributed by atoms with van der Waals surface area (Å²) < 4.78 is 4.56. The first-order chi connectivity index (χ1) is 10.7. The molecule has 2 aromatic rings. The number of carbonyl (C=O) groups excluding carboxylic acids is 1. The highest BCUT2D eigenvalue weighted by Crippen LogP contribution is 2.35. The van der Waals surface area contributed by atoms with Crippen LogP contribution in [-0.4, -0.2) is 31.4 Å². The van der Waals surface area contributed by atoms with Gasteiger partial charge < -0.3 is 35.7 Å². The van der Waals surface area contributed by atoms with Crippen LogP contribution < -0.4 is 11.1 Å². The van der Waals surface area contributed by atoms with E-state index in [4.69, 9.17) is 10.8 Å². The molecule has 8 N–H and O–H groups in total. The van der Waals surface area contributed by atoms with Gasteiger partial charge in [-0.2, -0.15) is 0 Å². The van der Waals surface area contributed by atoms with E-state index in [-0.39, 0.29) is 23.7 Å². The maximum atomic E-state index is 11.7. The van der Waals surface area contributed by atoms with Crippen molar-refractivity contribution < 1.29 is 34.7 Å². The van der Waals surface area contributed by atoms with Crippen LogP contribution in [0, 0.1) is 0 Å². The van der Waals surface area contributed by atoms with E-state index in [1.807, 2.05) is 0 Å². The first kappa shape index (κ1) is 19.2. The molecule has 0 fully saturated rings. The minimum absolute atomic E-state index is 0. The van der Waals surface area contributed by atoms with Gasteiger partial charge in [-0.3, -0.25) is 10.1 Å². The molecule has 0 aliphatic heterocycles. The number of phenols is 1. The molecule has 0 aliphatic carbocycles. The van der Waals surface area contributed by atoms with Crippen molar-refractivity contribution >= 4 is 30.1 Å². The Balaban J connectivity index is 0.00000288. The zero-order chi connectivity index (χ0) is 17.2. The van der Waals surface area contributed by atoms with Crippen molar-refractivity contribution in [1.29, 1.82) is 0 Å². The van der Waals surface area contributed by atoms with Gasteiger partial charge in [0.1, 0.15) is 12.0 Å². The van der Waals surface area contributed by atoms with Gasteiger partial charge in [0.2, 0.25) is 17.4 Å². The smallest absolute Gasteiger partial charge is 0.313 e. The number of carbonyl (C=O) groups is 1.